The third kappa shape index (κ3) is 7.03. The van der Waals surface area contributed by atoms with Crippen LogP contribution in [0.3, 0.4) is 0 Å². The average Bonchev–Trinajstić information content (AvgIpc) is 3.56. The highest BCUT2D eigenvalue weighted by molar-refractivity contribution is 5.92. The summed E-state index contributed by atoms with van der Waals surface area (Å²) in [4.78, 5) is 27.8. The van der Waals surface area contributed by atoms with E-state index < -0.39 is 17.5 Å². The molecule has 246 valence electrons. The van der Waals surface area contributed by atoms with Crippen molar-refractivity contribution in [2.45, 2.75) is 51.9 Å². The van der Waals surface area contributed by atoms with Crippen LogP contribution in [0.4, 0.5) is 20.8 Å². The Morgan fingerprint density at radius 1 is 1.04 bits per heavy atom. The summed E-state index contributed by atoms with van der Waals surface area (Å²) in [6, 6.07) is 19.9. The first-order chi connectivity index (χ1) is 23.1. The Morgan fingerprint density at radius 2 is 1.79 bits per heavy atom. The molecule has 0 atom stereocenters. The number of carbonyl (C=O) groups excluding carboxylic acids is 1. The van der Waals surface area contributed by atoms with Crippen molar-refractivity contribution in [3.8, 4) is 33.9 Å². The summed E-state index contributed by atoms with van der Waals surface area (Å²) in [5.74, 6) is 1.11. The number of anilines is 1. The maximum Gasteiger partial charge on any atom is 0.407 e. The van der Waals surface area contributed by atoms with E-state index >= 15 is 4.39 Å². The number of nitrogens with zero attached hydrogens (tertiary/aromatic N) is 5. The highest BCUT2D eigenvalue weighted by Crippen LogP contribution is 2.41. The van der Waals surface area contributed by atoms with Crippen LogP contribution in [-0.2, 0) is 11.3 Å². The molecule has 1 saturated heterocycles. The number of methoxy groups -OCH3 is 1. The number of hydrogen-bond acceptors (Lipinski definition) is 7. The van der Waals surface area contributed by atoms with Gasteiger partial charge in [-0.25, -0.2) is 24.0 Å². The van der Waals surface area contributed by atoms with Crippen molar-refractivity contribution in [3.05, 3.63) is 102 Å². The monoisotopic (exact) mass is 648 g/mol. The summed E-state index contributed by atoms with van der Waals surface area (Å²) in [5, 5.41) is 2.98. The van der Waals surface area contributed by atoms with Gasteiger partial charge in [-0.15, -0.1) is 0 Å². The van der Waals surface area contributed by atoms with Gasteiger partial charge in [-0.3, -0.25) is 4.40 Å². The SMILES string of the molecule is [C-]#[N+]c1ccc(-c2nc(N3CCC(NC(=O)OC(C)(C)C)CC3)n3ccnc3c2-c2ccc(OC)c(OCc3ccccc3)c2)cc1F. The molecular formula is C37H37FN6O4. The van der Waals surface area contributed by atoms with E-state index in [1.54, 1.807) is 19.4 Å². The Bertz CT molecular complexity index is 1970. The number of amides is 1. The van der Waals surface area contributed by atoms with Gasteiger partial charge < -0.3 is 24.4 Å². The Kier molecular flexibility index (Phi) is 9.17. The van der Waals surface area contributed by atoms with Crippen molar-refractivity contribution < 1.29 is 23.4 Å². The summed E-state index contributed by atoms with van der Waals surface area (Å²) in [6.45, 7) is 14.4. The lowest BCUT2D eigenvalue weighted by Crippen LogP contribution is -2.46. The summed E-state index contributed by atoms with van der Waals surface area (Å²) < 4.78 is 34.3. The first-order valence-electron chi connectivity index (χ1n) is 15.8. The number of fused-ring (bicyclic) bond motifs is 1. The fourth-order valence-electron chi connectivity index (χ4n) is 5.79. The molecule has 11 heteroatoms. The summed E-state index contributed by atoms with van der Waals surface area (Å²) in [6.07, 6.45) is 4.50. The molecule has 5 aromatic rings. The quantitative estimate of drug-likeness (QED) is 0.171. The van der Waals surface area contributed by atoms with E-state index in [1.165, 1.54) is 12.1 Å². The molecule has 1 aliphatic rings. The fourth-order valence-corrected chi connectivity index (χ4v) is 5.79. The zero-order valence-corrected chi connectivity index (χ0v) is 27.4. The molecule has 0 spiro atoms. The van der Waals surface area contributed by atoms with Crippen LogP contribution in [0.15, 0.2) is 79.1 Å². The average molecular weight is 649 g/mol. The van der Waals surface area contributed by atoms with Gasteiger partial charge in [0.1, 0.15) is 23.7 Å². The third-order valence-corrected chi connectivity index (χ3v) is 8.06. The standard InChI is InChI=1S/C37H37FN6O4/c1-37(2,3)48-36(45)41-27-15-18-43(19-16-27)35-42-33(26-11-13-29(39-4)28(38)21-26)32(34-40-17-20-44(34)35)25-12-14-30(46-5)31(22-25)47-23-24-9-7-6-8-10-24/h6-14,17,20-22,27H,15-16,18-19,23H2,1-3,5H3,(H,41,45). The molecule has 0 saturated carbocycles. The van der Waals surface area contributed by atoms with Gasteiger partial charge >= 0.3 is 6.09 Å². The number of alkyl carbamates (subject to hydrolysis) is 1. The number of aromatic nitrogens is 3. The van der Waals surface area contributed by atoms with E-state index in [2.05, 4.69) is 15.1 Å². The molecule has 1 amide bonds. The molecule has 0 aliphatic carbocycles. The van der Waals surface area contributed by atoms with Crippen LogP contribution in [0.2, 0.25) is 0 Å². The van der Waals surface area contributed by atoms with Crippen molar-refractivity contribution in [2.75, 3.05) is 25.1 Å². The van der Waals surface area contributed by atoms with Crippen LogP contribution < -0.4 is 19.7 Å². The number of nitrogens with one attached hydrogen (secondary N) is 1. The molecular weight excluding hydrogens is 611 g/mol. The Labute approximate surface area is 278 Å². The molecule has 1 fully saturated rings. The van der Waals surface area contributed by atoms with Crippen molar-refractivity contribution in [2.24, 2.45) is 0 Å². The minimum Gasteiger partial charge on any atom is -0.493 e. The van der Waals surface area contributed by atoms with E-state index in [1.807, 2.05) is 79.9 Å². The predicted molar refractivity (Wildman–Crippen MR) is 182 cm³/mol. The second-order valence-corrected chi connectivity index (χ2v) is 12.6. The van der Waals surface area contributed by atoms with E-state index in [0.717, 1.165) is 11.1 Å². The van der Waals surface area contributed by atoms with Gasteiger partial charge in [-0.2, -0.15) is 0 Å². The van der Waals surface area contributed by atoms with Crippen molar-refractivity contribution in [3.63, 3.8) is 0 Å². The number of imidazole rings is 1. The predicted octanol–water partition coefficient (Wildman–Crippen LogP) is 7.83. The summed E-state index contributed by atoms with van der Waals surface area (Å²) in [7, 11) is 1.59. The van der Waals surface area contributed by atoms with E-state index in [-0.39, 0.29) is 11.7 Å². The van der Waals surface area contributed by atoms with E-state index in [0.29, 0.717) is 72.5 Å². The van der Waals surface area contributed by atoms with Crippen molar-refractivity contribution in [1.29, 1.82) is 0 Å². The lowest BCUT2D eigenvalue weighted by molar-refractivity contribution is 0.0497. The first kappa shape index (κ1) is 32.3. The largest absolute Gasteiger partial charge is 0.493 e. The van der Waals surface area contributed by atoms with Crippen LogP contribution >= 0.6 is 0 Å². The second kappa shape index (κ2) is 13.6. The number of piperidine rings is 1. The molecule has 1 aliphatic heterocycles. The van der Waals surface area contributed by atoms with Crippen LogP contribution in [-0.4, -0.2) is 52.3 Å². The topological polar surface area (TPSA) is 94.6 Å². The Balaban J connectivity index is 1.40. The van der Waals surface area contributed by atoms with Crippen LogP contribution in [0.25, 0.3) is 32.9 Å². The number of benzene rings is 3. The molecule has 3 heterocycles. The summed E-state index contributed by atoms with van der Waals surface area (Å²) in [5.41, 5.74) is 3.42. The fraction of sp³-hybridized carbons (Fsp3) is 0.297. The maximum atomic E-state index is 15.1. The van der Waals surface area contributed by atoms with Gasteiger partial charge in [0, 0.05) is 37.1 Å². The third-order valence-electron chi connectivity index (χ3n) is 8.06. The highest BCUT2D eigenvalue weighted by Gasteiger charge is 2.28. The minimum atomic E-state index is -0.629. The molecule has 0 unspecified atom stereocenters. The zero-order valence-electron chi connectivity index (χ0n) is 27.4. The lowest BCUT2D eigenvalue weighted by Gasteiger charge is -2.34. The summed E-state index contributed by atoms with van der Waals surface area (Å²) >= 11 is 0. The van der Waals surface area contributed by atoms with Gasteiger partial charge in [-0.05, 0) is 62.9 Å². The molecule has 0 bridgehead atoms. The number of halogens is 1. The molecule has 48 heavy (non-hydrogen) atoms. The number of ether oxygens (including phenoxy) is 3. The van der Waals surface area contributed by atoms with E-state index in [9.17, 15) is 4.79 Å². The molecule has 0 radical (unpaired) electrons. The van der Waals surface area contributed by atoms with Crippen molar-refractivity contribution >= 4 is 23.4 Å². The number of rotatable bonds is 8. The van der Waals surface area contributed by atoms with Gasteiger partial charge in [0.25, 0.3) is 0 Å². The number of hydrogen-bond donors (Lipinski definition) is 1. The number of carbonyl (C=O) groups is 1. The van der Waals surface area contributed by atoms with Gasteiger partial charge in [0.15, 0.2) is 11.5 Å². The Morgan fingerprint density at radius 3 is 2.48 bits per heavy atom. The van der Waals surface area contributed by atoms with Gasteiger partial charge in [-0.1, -0.05) is 48.5 Å². The Hall–Kier alpha value is -5.63. The van der Waals surface area contributed by atoms with Gasteiger partial charge in [0.05, 0.1) is 24.9 Å². The minimum absolute atomic E-state index is 0.0445. The first-order valence-corrected chi connectivity index (χ1v) is 15.8. The lowest BCUT2D eigenvalue weighted by atomic mass is 9.99. The van der Waals surface area contributed by atoms with Crippen LogP contribution in [0.1, 0.15) is 39.2 Å². The van der Waals surface area contributed by atoms with Crippen LogP contribution in [0.5, 0.6) is 11.5 Å². The molecule has 1 N–H and O–H groups in total. The second-order valence-electron chi connectivity index (χ2n) is 12.6. The van der Waals surface area contributed by atoms with E-state index in [4.69, 9.17) is 30.8 Å². The normalized spacial score (nSPS) is 13.6. The smallest absolute Gasteiger partial charge is 0.407 e. The molecule has 6 rings (SSSR count). The zero-order chi connectivity index (χ0) is 33.8. The van der Waals surface area contributed by atoms with Gasteiger partial charge in [0.2, 0.25) is 11.6 Å². The molecule has 10 nitrogen and oxygen atoms in total. The van der Waals surface area contributed by atoms with Crippen LogP contribution in [0, 0.1) is 12.4 Å². The highest BCUT2D eigenvalue weighted by atomic mass is 19.1. The van der Waals surface area contributed by atoms with Crippen molar-refractivity contribution in [1.82, 2.24) is 19.7 Å². The molecule has 2 aromatic heterocycles. The maximum absolute atomic E-state index is 15.1. The molecule has 3 aromatic carbocycles.